The average molecular weight is 381 g/mol. The molecule has 2 bridgehead atoms. The van der Waals surface area contributed by atoms with E-state index >= 15 is 0 Å². The predicted molar refractivity (Wildman–Crippen MR) is 108 cm³/mol. The highest BCUT2D eigenvalue weighted by Crippen LogP contribution is 2.32. The van der Waals surface area contributed by atoms with E-state index in [4.69, 9.17) is 0 Å². The van der Waals surface area contributed by atoms with Crippen LogP contribution in [-0.4, -0.2) is 29.6 Å². The molecule has 1 aromatic carbocycles. The Hall–Kier alpha value is -1.10. The number of hydrogen-bond acceptors (Lipinski definition) is 3. The number of amides is 1. The van der Waals surface area contributed by atoms with Crippen LogP contribution in [0.3, 0.4) is 0 Å². The standard InChI is InChI=1S/C21H32N2O2.ClH/c1-21(2,3)16-6-4-15(5-7-16)19(24)13-22-20(25)12-14-10-17-8-9-18(11-14)23-17;/h4-7,14,17-19,23-24H,8-13H2,1-3H3,(H,22,25);1H. The molecule has 3 unspecified atom stereocenters. The molecule has 0 spiro atoms. The van der Waals surface area contributed by atoms with Gasteiger partial charge in [-0.1, -0.05) is 45.0 Å². The largest absolute Gasteiger partial charge is 0.387 e. The van der Waals surface area contributed by atoms with Gasteiger partial charge in [0.25, 0.3) is 0 Å². The number of carbonyl (C=O) groups excluding carboxylic acids is 1. The molecule has 1 aromatic rings. The molecule has 2 heterocycles. The monoisotopic (exact) mass is 380 g/mol. The van der Waals surface area contributed by atoms with Crippen LogP contribution < -0.4 is 10.6 Å². The summed E-state index contributed by atoms with van der Waals surface area (Å²) in [7, 11) is 0. The number of aliphatic hydroxyl groups excluding tert-OH is 1. The summed E-state index contributed by atoms with van der Waals surface area (Å²) in [6.45, 7) is 6.80. The van der Waals surface area contributed by atoms with Crippen molar-refractivity contribution >= 4 is 18.3 Å². The predicted octanol–water partition coefficient (Wildman–Crippen LogP) is 3.48. The molecule has 4 nitrogen and oxygen atoms in total. The Balaban J connectivity index is 0.00000243. The molecule has 3 N–H and O–H groups in total. The Morgan fingerprint density at radius 1 is 1.19 bits per heavy atom. The molecule has 2 aliphatic rings. The number of piperidine rings is 1. The third-order valence-corrected chi connectivity index (χ3v) is 5.70. The van der Waals surface area contributed by atoms with E-state index in [-0.39, 0.29) is 30.3 Å². The summed E-state index contributed by atoms with van der Waals surface area (Å²) in [4.78, 5) is 12.2. The number of rotatable bonds is 5. The van der Waals surface area contributed by atoms with Gasteiger partial charge in [-0.2, -0.15) is 0 Å². The summed E-state index contributed by atoms with van der Waals surface area (Å²) in [5.41, 5.74) is 2.20. The highest BCUT2D eigenvalue weighted by atomic mass is 35.5. The van der Waals surface area contributed by atoms with Gasteiger partial charge in [-0.25, -0.2) is 0 Å². The Morgan fingerprint density at radius 3 is 2.31 bits per heavy atom. The Morgan fingerprint density at radius 2 is 1.77 bits per heavy atom. The first-order valence-corrected chi connectivity index (χ1v) is 9.62. The summed E-state index contributed by atoms with van der Waals surface area (Å²) in [5.74, 6) is 0.554. The van der Waals surface area contributed by atoms with Crippen LogP contribution in [0, 0.1) is 5.92 Å². The number of aliphatic hydroxyl groups is 1. The highest BCUT2D eigenvalue weighted by Gasteiger charge is 2.34. The van der Waals surface area contributed by atoms with Crippen LogP contribution in [0.15, 0.2) is 24.3 Å². The van der Waals surface area contributed by atoms with E-state index < -0.39 is 6.10 Å². The van der Waals surface area contributed by atoms with Crippen molar-refractivity contribution in [2.24, 2.45) is 5.92 Å². The lowest BCUT2D eigenvalue weighted by Gasteiger charge is -2.28. The van der Waals surface area contributed by atoms with E-state index in [2.05, 4.69) is 43.5 Å². The Labute approximate surface area is 163 Å². The summed E-state index contributed by atoms with van der Waals surface area (Å²) in [6, 6.07) is 9.27. The van der Waals surface area contributed by atoms with Crippen LogP contribution in [0.5, 0.6) is 0 Å². The molecule has 146 valence electrons. The second-order valence-corrected chi connectivity index (χ2v) is 8.87. The lowest BCUT2D eigenvalue weighted by atomic mass is 9.86. The van der Waals surface area contributed by atoms with E-state index in [0.717, 1.165) is 18.4 Å². The van der Waals surface area contributed by atoms with Crippen molar-refractivity contribution < 1.29 is 9.90 Å². The van der Waals surface area contributed by atoms with Gasteiger partial charge in [0, 0.05) is 25.0 Å². The lowest BCUT2D eigenvalue weighted by molar-refractivity contribution is -0.122. The van der Waals surface area contributed by atoms with Crippen LogP contribution in [0.25, 0.3) is 0 Å². The third kappa shape index (κ3) is 5.45. The number of carbonyl (C=O) groups is 1. The molecule has 0 radical (unpaired) electrons. The van der Waals surface area contributed by atoms with E-state index in [1.807, 2.05) is 12.1 Å². The minimum absolute atomic E-state index is 0. The maximum Gasteiger partial charge on any atom is 0.220 e. The fourth-order valence-electron chi connectivity index (χ4n) is 4.21. The third-order valence-electron chi connectivity index (χ3n) is 5.70. The molecule has 0 aromatic heterocycles. The topological polar surface area (TPSA) is 61.4 Å². The second-order valence-electron chi connectivity index (χ2n) is 8.87. The summed E-state index contributed by atoms with van der Waals surface area (Å²) in [6.07, 6.45) is 4.67. The van der Waals surface area contributed by atoms with Crippen LogP contribution in [0.1, 0.15) is 70.1 Å². The maximum absolute atomic E-state index is 12.2. The Kier molecular flexibility index (Phi) is 7.12. The van der Waals surface area contributed by atoms with E-state index in [9.17, 15) is 9.90 Å². The van der Waals surface area contributed by atoms with Gasteiger partial charge < -0.3 is 15.7 Å². The van der Waals surface area contributed by atoms with Gasteiger partial charge in [-0.05, 0) is 48.1 Å². The SMILES string of the molecule is CC(C)(C)c1ccc(C(O)CNC(=O)CC2CC3CCC(C2)N3)cc1.Cl. The summed E-state index contributed by atoms with van der Waals surface area (Å²) >= 11 is 0. The zero-order valence-corrected chi connectivity index (χ0v) is 16.9. The van der Waals surface area contributed by atoms with Crippen molar-refractivity contribution in [3.8, 4) is 0 Å². The van der Waals surface area contributed by atoms with Gasteiger partial charge in [0.05, 0.1) is 6.10 Å². The lowest BCUT2D eigenvalue weighted by Crippen LogP contribution is -2.40. The number of benzene rings is 1. The highest BCUT2D eigenvalue weighted by molar-refractivity contribution is 5.85. The fraction of sp³-hybridized carbons (Fsp3) is 0.667. The van der Waals surface area contributed by atoms with Crippen molar-refractivity contribution in [2.45, 2.75) is 76.5 Å². The van der Waals surface area contributed by atoms with E-state index in [1.165, 1.54) is 18.4 Å². The van der Waals surface area contributed by atoms with Gasteiger partial charge in [-0.15, -0.1) is 12.4 Å². The fourth-order valence-corrected chi connectivity index (χ4v) is 4.21. The van der Waals surface area contributed by atoms with Gasteiger partial charge >= 0.3 is 0 Å². The van der Waals surface area contributed by atoms with Gasteiger partial charge in [0.15, 0.2) is 0 Å². The molecular formula is C21H33ClN2O2. The van der Waals surface area contributed by atoms with E-state index in [1.54, 1.807) is 0 Å². The molecule has 3 rings (SSSR count). The smallest absolute Gasteiger partial charge is 0.220 e. The van der Waals surface area contributed by atoms with Crippen molar-refractivity contribution in [1.29, 1.82) is 0 Å². The first-order chi connectivity index (χ1) is 11.8. The molecule has 2 fully saturated rings. The molecule has 5 heteroatoms. The van der Waals surface area contributed by atoms with Crippen molar-refractivity contribution in [2.75, 3.05) is 6.54 Å². The van der Waals surface area contributed by atoms with Crippen LogP contribution in [-0.2, 0) is 10.2 Å². The van der Waals surface area contributed by atoms with Gasteiger partial charge in [0.2, 0.25) is 5.91 Å². The minimum atomic E-state index is -0.651. The van der Waals surface area contributed by atoms with Crippen LogP contribution in [0.2, 0.25) is 0 Å². The molecule has 2 saturated heterocycles. The molecule has 0 saturated carbocycles. The van der Waals surface area contributed by atoms with Crippen molar-refractivity contribution in [1.82, 2.24) is 10.6 Å². The maximum atomic E-state index is 12.2. The molecule has 0 aliphatic carbocycles. The molecule has 1 amide bonds. The van der Waals surface area contributed by atoms with Crippen LogP contribution in [0.4, 0.5) is 0 Å². The zero-order chi connectivity index (χ0) is 18.0. The normalized spacial score (nSPS) is 26.1. The number of nitrogens with one attached hydrogen (secondary N) is 2. The number of hydrogen-bond donors (Lipinski definition) is 3. The van der Waals surface area contributed by atoms with Gasteiger partial charge in [-0.3, -0.25) is 4.79 Å². The summed E-state index contributed by atoms with van der Waals surface area (Å²) < 4.78 is 0. The minimum Gasteiger partial charge on any atom is -0.387 e. The number of halogens is 1. The molecule has 2 aliphatic heterocycles. The van der Waals surface area contributed by atoms with Crippen LogP contribution >= 0.6 is 12.4 Å². The second kappa shape index (κ2) is 8.73. The molecular weight excluding hydrogens is 348 g/mol. The average Bonchev–Trinajstić information content (AvgIpc) is 2.90. The van der Waals surface area contributed by atoms with Crippen molar-refractivity contribution in [3.63, 3.8) is 0 Å². The van der Waals surface area contributed by atoms with Crippen molar-refractivity contribution in [3.05, 3.63) is 35.4 Å². The Bertz CT molecular complexity index is 585. The first kappa shape index (κ1) is 21.2. The molecule has 26 heavy (non-hydrogen) atoms. The zero-order valence-electron chi connectivity index (χ0n) is 16.1. The quantitative estimate of drug-likeness (QED) is 0.732. The first-order valence-electron chi connectivity index (χ1n) is 9.62. The summed E-state index contributed by atoms with van der Waals surface area (Å²) in [5, 5.41) is 16.9. The van der Waals surface area contributed by atoms with Gasteiger partial charge in [0.1, 0.15) is 0 Å². The molecule has 3 atom stereocenters. The number of fused-ring (bicyclic) bond motifs is 2. The van der Waals surface area contributed by atoms with E-state index in [0.29, 0.717) is 24.4 Å².